The summed E-state index contributed by atoms with van der Waals surface area (Å²) in [5.41, 5.74) is 23.1. The molecule has 0 saturated carbocycles. The monoisotopic (exact) mass is 724 g/mol. The van der Waals surface area contributed by atoms with E-state index in [0.717, 1.165) is 0 Å². The van der Waals surface area contributed by atoms with Crippen molar-refractivity contribution in [2.45, 2.75) is 82.1 Å². The molecule has 1 aromatic carbocycles. The Bertz CT molecular complexity index is 1290. The molecular formula is C31H52N10O8S. The number of hydrogen-bond acceptors (Lipinski definition) is 12. The molecule has 18 nitrogen and oxygen atoms in total. The lowest BCUT2D eigenvalue weighted by Crippen LogP contribution is -2.59. The van der Waals surface area contributed by atoms with Crippen molar-refractivity contribution in [1.29, 1.82) is 0 Å². The van der Waals surface area contributed by atoms with Gasteiger partial charge in [-0.05, 0) is 69.3 Å². The van der Waals surface area contributed by atoms with Gasteiger partial charge in [0, 0.05) is 25.6 Å². The van der Waals surface area contributed by atoms with Crippen LogP contribution in [0, 0.1) is 0 Å². The smallest absolute Gasteiger partial charge is 0.244 e. The normalized spacial score (nSPS) is 13.8. The summed E-state index contributed by atoms with van der Waals surface area (Å²) in [4.78, 5) is 87.6. The first-order chi connectivity index (χ1) is 23.7. The van der Waals surface area contributed by atoms with Crippen molar-refractivity contribution in [1.82, 2.24) is 31.9 Å². The van der Waals surface area contributed by atoms with Crippen LogP contribution in [0.3, 0.4) is 0 Å². The Hall–Kier alpha value is -4.46. The van der Waals surface area contributed by atoms with Crippen LogP contribution in [-0.4, -0.2) is 109 Å². The van der Waals surface area contributed by atoms with Gasteiger partial charge in [0.2, 0.25) is 41.4 Å². The lowest BCUT2D eigenvalue weighted by molar-refractivity contribution is -0.133. The average molecular weight is 725 g/mol. The zero-order chi connectivity index (χ0) is 37.6. The molecule has 280 valence electrons. The molecule has 0 unspecified atom stereocenters. The number of hydrogen-bond donors (Lipinski definition) is 12. The van der Waals surface area contributed by atoms with E-state index >= 15 is 0 Å². The van der Waals surface area contributed by atoms with Crippen LogP contribution in [0.25, 0.3) is 0 Å². The van der Waals surface area contributed by atoms with E-state index in [4.69, 9.17) is 22.9 Å². The summed E-state index contributed by atoms with van der Waals surface area (Å²) in [5.74, 6) is -4.77. The lowest BCUT2D eigenvalue weighted by atomic mass is 10.0. The molecule has 0 bridgehead atoms. The summed E-state index contributed by atoms with van der Waals surface area (Å²) < 4.78 is 0. The van der Waals surface area contributed by atoms with Gasteiger partial charge >= 0.3 is 0 Å². The number of thiol groups is 1. The Morgan fingerprint density at radius 2 is 1.26 bits per heavy atom. The molecule has 0 aliphatic heterocycles. The van der Waals surface area contributed by atoms with E-state index in [2.05, 4.69) is 44.5 Å². The summed E-state index contributed by atoms with van der Waals surface area (Å²) in [5, 5.41) is 24.4. The van der Waals surface area contributed by atoms with Gasteiger partial charge in [-0.2, -0.15) is 12.6 Å². The predicted molar refractivity (Wildman–Crippen MR) is 188 cm³/mol. The van der Waals surface area contributed by atoms with Gasteiger partial charge in [-0.25, -0.2) is 0 Å². The second kappa shape index (κ2) is 23.8. The molecule has 0 aliphatic carbocycles. The Balaban J connectivity index is 2.75. The molecule has 0 aromatic heterocycles. The second-order valence-corrected chi connectivity index (χ2v) is 12.0. The predicted octanol–water partition coefficient (Wildman–Crippen LogP) is -3.87. The van der Waals surface area contributed by atoms with E-state index < -0.39 is 78.1 Å². The number of nitrogens with two attached hydrogens (primary N) is 4. The molecule has 0 radical (unpaired) electrons. The minimum Gasteiger partial charge on any atom is -0.508 e. The van der Waals surface area contributed by atoms with Crippen molar-refractivity contribution in [2.24, 2.45) is 22.9 Å². The SMILES string of the molecule is CC(=O)N[C@@H](Cc1ccc(O)cc1)C(=O)NCC(=O)NC[C@H](N)C(=O)N[C@@H](CCCCN)C(=O)N[C@@H](CS)C(=O)N[C@@H](CCCCN)C(N)=O. The standard InChI is InChI=1S/C31H52N10O8S/c1-18(42)38-24(14-19-8-10-20(43)11-9-19)29(47)37-16-26(44)36-15-21(34)28(46)40-23(7-3-5-13-33)30(48)41-25(17-50)31(49)39-22(27(35)45)6-2-4-12-32/h8-11,21-25,43,50H,2-7,12-17,32-34H2,1H3,(H2,35,45)(H,36,44)(H,37,47)(H,38,42)(H,39,49)(H,40,46)(H,41,48)/t21-,22-,23-,24-,25-/m0/s1. The molecule has 7 amide bonds. The van der Waals surface area contributed by atoms with Crippen molar-refractivity contribution in [3.8, 4) is 5.75 Å². The van der Waals surface area contributed by atoms with Gasteiger partial charge in [0.15, 0.2) is 0 Å². The van der Waals surface area contributed by atoms with E-state index in [9.17, 15) is 38.7 Å². The van der Waals surface area contributed by atoms with Gasteiger partial charge in [-0.3, -0.25) is 33.6 Å². The highest BCUT2D eigenvalue weighted by Crippen LogP contribution is 2.11. The largest absolute Gasteiger partial charge is 0.508 e. The van der Waals surface area contributed by atoms with E-state index in [1.165, 1.54) is 19.1 Å². The third-order valence-corrected chi connectivity index (χ3v) is 7.72. The first-order valence-electron chi connectivity index (χ1n) is 16.3. The van der Waals surface area contributed by atoms with E-state index in [0.29, 0.717) is 44.3 Å². The fourth-order valence-electron chi connectivity index (χ4n) is 4.55. The van der Waals surface area contributed by atoms with E-state index in [-0.39, 0.29) is 37.3 Å². The van der Waals surface area contributed by atoms with Gasteiger partial charge in [-0.15, -0.1) is 0 Å². The minimum atomic E-state index is -1.30. The zero-order valence-electron chi connectivity index (χ0n) is 28.2. The third kappa shape index (κ3) is 17.3. The van der Waals surface area contributed by atoms with Crippen LogP contribution in [0.15, 0.2) is 24.3 Å². The molecule has 5 atom stereocenters. The highest BCUT2D eigenvalue weighted by atomic mass is 32.1. The lowest BCUT2D eigenvalue weighted by Gasteiger charge is -2.25. The van der Waals surface area contributed by atoms with Crippen LogP contribution in [0.4, 0.5) is 0 Å². The van der Waals surface area contributed by atoms with Crippen molar-refractivity contribution in [3.63, 3.8) is 0 Å². The zero-order valence-corrected chi connectivity index (χ0v) is 29.1. The fraction of sp³-hybridized carbons (Fsp3) is 0.581. The number of amides is 7. The van der Waals surface area contributed by atoms with Gasteiger partial charge in [0.25, 0.3) is 0 Å². The minimum absolute atomic E-state index is 0.0382. The van der Waals surface area contributed by atoms with E-state index in [1.807, 2.05) is 0 Å². The number of unbranched alkanes of at least 4 members (excludes halogenated alkanes) is 2. The number of nitrogens with one attached hydrogen (secondary N) is 6. The summed E-state index contributed by atoms with van der Waals surface area (Å²) in [6.45, 7) is 1.16. The van der Waals surface area contributed by atoms with Crippen LogP contribution in [0.2, 0.25) is 0 Å². The highest BCUT2D eigenvalue weighted by molar-refractivity contribution is 7.80. The van der Waals surface area contributed by atoms with Crippen LogP contribution in [0.1, 0.15) is 51.0 Å². The first kappa shape index (κ1) is 43.6. The Labute approximate surface area is 296 Å². The van der Waals surface area contributed by atoms with Gasteiger partial charge in [0.1, 0.15) is 36.0 Å². The topological polar surface area (TPSA) is 316 Å². The number of rotatable bonds is 24. The number of carbonyl (C=O) groups is 7. The van der Waals surface area contributed by atoms with Crippen molar-refractivity contribution < 1.29 is 38.7 Å². The molecule has 1 rings (SSSR count). The van der Waals surface area contributed by atoms with Crippen molar-refractivity contribution >= 4 is 54.0 Å². The first-order valence-corrected chi connectivity index (χ1v) is 16.9. The average Bonchev–Trinajstić information content (AvgIpc) is 3.07. The highest BCUT2D eigenvalue weighted by Gasteiger charge is 2.29. The van der Waals surface area contributed by atoms with Gasteiger partial charge in [0.05, 0.1) is 6.54 Å². The summed E-state index contributed by atoms with van der Waals surface area (Å²) >= 11 is 4.15. The second-order valence-electron chi connectivity index (χ2n) is 11.6. The van der Waals surface area contributed by atoms with Crippen LogP contribution in [-0.2, 0) is 40.0 Å². The maximum absolute atomic E-state index is 13.2. The van der Waals surface area contributed by atoms with Gasteiger partial charge < -0.3 is 59.9 Å². The number of phenolic OH excluding ortho intramolecular Hbond substituents is 1. The van der Waals surface area contributed by atoms with Gasteiger partial charge in [-0.1, -0.05) is 12.1 Å². The molecule has 0 aliphatic rings. The molecule has 0 fully saturated rings. The Morgan fingerprint density at radius 1 is 0.720 bits per heavy atom. The maximum Gasteiger partial charge on any atom is 0.244 e. The molecule has 0 heterocycles. The number of carbonyl (C=O) groups excluding carboxylic acids is 7. The molecule has 1 aromatic rings. The number of primary amides is 1. The molecule has 0 spiro atoms. The summed E-state index contributed by atoms with van der Waals surface area (Å²) in [6, 6.07) is 0.499. The molecule has 50 heavy (non-hydrogen) atoms. The Morgan fingerprint density at radius 3 is 1.80 bits per heavy atom. The third-order valence-electron chi connectivity index (χ3n) is 7.35. The van der Waals surface area contributed by atoms with Crippen molar-refractivity contribution in [2.75, 3.05) is 31.9 Å². The number of benzene rings is 1. The Kier molecular flexibility index (Phi) is 20.8. The summed E-state index contributed by atoms with van der Waals surface area (Å²) in [6.07, 6.45) is 2.70. The fourth-order valence-corrected chi connectivity index (χ4v) is 4.81. The van der Waals surface area contributed by atoms with Crippen LogP contribution >= 0.6 is 12.6 Å². The molecular weight excluding hydrogens is 672 g/mol. The maximum atomic E-state index is 13.2. The summed E-state index contributed by atoms with van der Waals surface area (Å²) in [7, 11) is 0. The number of aromatic hydroxyl groups is 1. The van der Waals surface area contributed by atoms with Crippen LogP contribution < -0.4 is 54.8 Å². The van der Waals surface area contributed by atoms with E-state index in [1.54, 1.807) is 12.1 Å². The quantitative estimate of drug-likeness (QED) is 0.0361. The molecule has 0 saturated heterocycles. The molecule has 15 N–H and O–H groups in total. The van der Waals surface area contributed by atoms with Crippen LogP contribution in [0.5, 0.6) is 5.75 Å². The number of phenols is 1. The van der Waals surface area contributed by atoms with Crippen molar-refractivity contribution in [3.05, 3.63) is 29.8 Å². The molecule has 19 heteroatoms.